The highest BCUT2D eigenvalue weighted by molar-refractivity contribution is 7.99. The van der Waals surface area contributed by atoms with Gasteiger partial charge in [0.2, 0.25) is 5.91 Å². The van der Waals surface area contributed by atoms with E-state index in [4.69, 9.17) is 9.72 Å². The fraction of sp³-hybridized carbons (Fsp3) is 0.350. The lowest BCUT2D eigenvalue weighted by atomic mass is 9.97. The molecule has 0 aliphatic heterocycles. The minimum Gasteiger partial charge on any atom is -0.497 e. The Kier molecular flexibility index (Phi) is 5.41. The van der Waals surface area contributed by atoms with Crippen LogP contribution in [-0.4, -0.2) is 28.3 Å². The first-order valence-corrected chi connectivity index (χ1v) is 10.9. The molecule has 3 aromatic rings. The Morgan fingerprint density at radius 1 is 1.36 bits per heavy atom. The number of aryl methyl sites for hydroxylation is 2. The number of methoxy groups -OCH3 is 1. The highest BCUT2D eigenvalue weighted by atomic mass is 32.2. The lowest BCUT2D eigenvalue weighted by molar-refractivity contribution is -0.113. The van der Waals surface area contributed by atoms with Crippen molar-refractivity contribution in [2.75, 3.05) is 18.2 Å². The van der Waals surface area contributed by atoms with Crippen LogP contribution in [-0.2, 0) is 24.7 Å². The van der Waals surface area contributed by atoms with Gasteiger partial charge >= 0.3 is 0 Å². The van der Waals surface area contributed by atoms with Crippen LogP contribution in [0.2, 0.25) is 0 Å². The van der Waals surface area contributed by atoms with Gasteiger partial charge in [0, 0.05) is 23.7 Å². The van der Waals surface area contributed by atoms with Gasteiger partial charge in [0.05, 0.1) is 18.2 Å². The number of fused-ring (bicyclic) bond motifs is 3. The number of rotatable bonds is 5. The molecule has 0 unspecified atom stereocenters. The van der Waals surface area contributed by atoms with Gasteiger partial charge in [-0.25, -0.2) is 4.98 Å². The predicted octanol–water partition coefficient (Wildman–Crippen LogP) is 3.61. The number of thiophene rings is 1. The van der Waals surface area contributed by atoms with Crippen molar-refractivity contribution in [3.05, 3.63) is 45.1 Å². The van der Waals surface area contributed by atoms with E-state index in [1.165, 1.54) is 28.6 Å². The summed E-state index contributed by atoms with van der Waals surface area (Å²) in [6.45, 7) is 0. The fourth-order valence-electron chi connectivity index (χ4n) is 3.42. The maximum Gasteiger partial charge on any atom is 0.262 e. The molecule has 2 aromatic heterocycles. The molecule has 1 amide bonds. The number of carbonyl (C=O) groups is 1. The molecule has 1 aliphatic rings. The molecule has 146 valence electrons. The second-order valence-electron chi connectivity index (χ2n) is 6.72. The monoisotopic (exact) mass is 415 g/mol. The van der Waals surface area contributed by atoms with Crippen molar-refractivity contribution in [3.8, 4) is 5.75 Å². The van der Waals surface area contributed by atoms with Crippen LogP contribution >= 0.6 is 23.1 Å². The fourth-order valence-corrected chi connectivity index (χ4v) is 5.50. The van der Waals surface area contributed by atoms with Crippen molar-refractivity contribution < 1.29 is 9.53 Å². The molecule has 0 fully saturated rings. The summed E-state index contributed by atoms with van der Waals surface area (Å²) >= 11 is 2.90. The predicted molar refractivity (Wildman–Crippen MR) is 114 cm³/mol. The van der Waals surface area contributed by atoms with Crippen LogP contribution in [0.4, 0.5) is 5.69 Å². The van der Waals surface area contributed by atoms with Gasteiger partial charge in [0.25, 0.3) is 5.56 Å². The topological polar surface area (TPSA) is 73.2 Å². The zero-order valence-electron chi connectivity index (χ0n) is 15.8. The Morgan fingerprint density at radius 3 is 3.00 bits per heavy atom. The van der Waals surface area contributed by atoms with Crippen molar-refractivity contribution in [2.45, 2.75) is 30.8 Å². The molecule has 0 spiro atoms. The highest BCUT2D eigenvalue weighted by Crippen LogP contribution is 2.34. The highest BCUT2D eigenvalue weighted by Gasteiger charge is 2.21. The largest absolute Gasteiger partial charge is 0.497 e. The summed E-state index contributed by atoms with van der Waals surface area (Å²) in [6.07, 6.45) is 4.29. The Bertz CT molecular complexity index is 1100. The Morgan fingerprint density at radius 2 is 2.18 bits per heavy atom. The third-order valence-corrected chi connectivity index (χ3v) is 7.06. The SMILES string of the molecule is COc1cccc(NC(=O)CSc2nc3sc4c(c3c(=O)n2C)CCCC4)c1. The van der Waals surface area contributed by atoms with E-state index in [0.29, 0.717) is 16.6 Å². The number of anilines is 1. The van der Waals surface area contributed by atoms with Crippen LogP contribution in [0.3, 0.4) is 0 Å². The summed E-state index contributed by atoms with van der Waals surface area (Å²) in [5.41, 5.74) is 1.85. The number of ether oxygens (including phenoxy) is 1. The molecular weight excluding hydrogens is 394 g/mol. The zero-order valence-corrected chi connectivity index (χ0v) is 17.4. The van der Waals surface area contributed by atoms with Gasteiger partial charge < -0.3 is 10.1 Å². The lowest BCUT2D eigenvalue weighted by Crippen LogP contribution is -2.22. The van der Waals surface area contributed by atoms with Gasteiger partial charge in [-0.1, -0.05) is 17.8 Å². The molecule has 0 radical (unpaired) electrons. The standard InChI is InChI=1S/C20H21N3O3S2/c1-23-19(25)17-14-8-3-4-9-15(14)28-18(17)22-20(23)27-11-16(24)21-12-6-5-7-13(10-12)26-2/h5-7,10H,3-4,8-9,11H2,1-2H3,(H,21,24). The molecule has 0 saturated heterocycles. The van der Waals surface area contributed by atoms with Crippen LogP contribution in [0.1, 0.15) is 23.3 Å². The van der Waals surface area contributed by atoms with Crippen molar-refractivity contribution >= 4 is 44.9 Å². The lowest BCUT2D eigenvalue weighted by Gasteiger charge is -2.11. The number of aromatic nitrogens is 2. The first kappa shape index (κ1) is 19.0. The summed E-state index contributed by atoms with van der Waals surface area (Å²) in [5, 5.41) is 4.18. The second kappa shape index (κ2) is 7.97. The molecule has 1 N–H and O–H groups in total. The normalized spacial score (nSPS) is 13.4. The number of hydrogen-bond acceptors (Lipinski definition) is 6. The van der Waals surface area contributed by atoms with Gasteiger partial charge in [0.15, 0.2) is 5.16 Å². The minimum absolute atomic E-state index is 0.0138. The molecule has 2 heterocycles. The summed E-state index contributed by atoms with van der Waals surface area (Å²) in [4.78, 5) is 32.0. The van der Waals surface area contributed by atoms with Crippen LogP contribution in [0.25, 0.3) is 10.2 Å². The Labute approximate surface area is 170 Å². The zero-order chi connectivity index (χ0) is 19.7. The van der Waals surface area contributed by atoms with Gasteiger partial charge in [-0.3, -0.25) is 14.2 Å². The van der Waals surface area contributed by atoms with E-state index < -0.39 is 0 Å². The summed E-state index contributed by atoms with van der Waals surface area (Å²) in [7, 11) is 3.31. The van der Waals surface area contributed by atoms with E-state index in [9.17, 15) is 9.59 Å². The Balaban J connectivity index is 1.52. The molecule has 8 heteroatoms. The number of nitrogens with zero attached hydrogens (tertiary/aromatic N) is 2. The van der Waals surface area contributed by atoms with Crippen molar-refractivity contribution in [1.82, 2.24) is 9.55 Å². The minimum atomic E-state index is -0.155. The van der Waals surface area contributed by atoms with Crippen LogP contribution in [0.15, 0.2) is 34.2 Å². The number of hydrogen-bond donors (Lipinski definition) is 1. The van der Waals surface area contributed by atoms with Gasteiger partial charge in [0.1, 0.15) is 10.6 Å². The maximum absolute atomic E-state index is 12.9. The second-order valence-corrected chi connectivity index (χ2v) is 8.74. The van der Waals surface area contributed by atoms with Crippen LogP contribution in [0, 0.1) is 0 Å². The third-order valence-electron chi connectivity index (χ3n) is 4.84. The Hall–Kier alpha value is -2.32. The molecule has 0 atom stereocenters. The summed E-state index contributed by atoms with van der Waals surface area (Å²) < 4.78 is 6.73. The van der Waals surface area contributed by atoms with Crippen molar-refractivity contribution in [1.29, 1.82) is 0 Å². The molecule has 28 heavy (non-hydrogen) atoms. The van der Waals surface area contributed by atoms with E-state index in [2.05, 4.69) is 5.32 Å². The van der Waals surface area contributed by atoms with E-state index in [1.807, 2.05) is 12.1 Å². The molecule has 0 bridgehead atoms. The van der Waals surface area contributed by atoms with E-state index in [1.54, 1.807) is 42.2 Å². The van der Waals surface area contributed by atoms with Gasteiger partial charge in [-0.05, 0) is 43.4 Å². The van der Waals surface area contributed by atoms with E-state index in [-0.39, 0.29) is 17.2 Å². The van der Waals surface area contributed by atoms with Gasteiger partial charge in [-0.2, -0.15) is 0 Å². The molecule has 1 aromatic carbocycles. The number of benzene rings is 1. The third kappa shape index (κ3) is 3.66. The molecule has 1 aliphatic carbocycles. The quantitative estimate of drug-likeness (QED) is 0.509. The number of nitrogens with one attached hydrogen (secondary N) is 1. The van der Waals surface area contributed by atoms with Gasteiger partial charge in [-0.15, -0.1) is 11.3 Å². The van der Waals surface area contributed by atoms with Crippen molar-refractivity contribution in [2.24, 2.45) is 7.05 Å². The van der Waals surface area contributed by atoms with E-state index >= 15 is 0 Å². The average molecular weight is 416 g/mol. The first-order chi connectivity index (χ1) is 13.6. The van der Waals surface area contributed by atoms with E-state index in [0.717, 1.165) is 29.5 Å². The maximum atomic E-state index is 12.9. The smallest absolute Gasteiger partial charge is 0.262 e. The summed E-state index contributed by atoms with van der Waals surface area (Å²) in [6, 6.07) is 7.21. The number of amides is 1. The first-order valence-electron chi connectivity index (χ1n) is 9.15. The summed E-state index contributed by atoms with van der Waals surface area (Å²) in [5.74, 6) is 0.702. The molecule has 0 saturated carbocycles. The number of carbonyl (C=O) groups excluding carboxylic acids is 1. The molecular formula is C20H21N3O3S2. The van der Waals surface area contributed by atoms with Crippen LogP contribution < -0.4 is 15.6 Å². The molecule has 4 rings (SSSR count). The van der Waals surface area contributed by atoms with Crippen LogP contribution in [0.5, 0.6) is 5.75 Å². The number of thioether (sulfide) groups is 1. The van der Waals surface area contributed by atoms with Crippen molar-refractivity contribution in [3.63, 3.8) is 0 Å². The molecule has 6 nitrogen and oxygen atoms in total. The average Bonchev–Trinajstić information content (AvgIpc) is 3.08.